The summed E-state index contributed by atoms with van der Waals surface area (Å²) in [6.07, 6.45) is 0. The van der Waals surface area contributed by atoms with E-state index in [9.17, 15) is 5.26 Å². The highest BCUT2D eigenvalue weighted by molar-refractivity contribution is 7.87. The van der Waals surface area contributed by atoms with E-state index in [0.29, 0.717) is 5.56 Å². The molecule has 134 valence electrons. The Morgan fingerprint density at radius 2 is 0.929 bits per heavy atom. The summed E-state index contributed by atoms with van der Waals surface area (Å²) in [4.78, 5) is 0. The maximum Gasteiger partial charge on any atom is 0.101 e. The van der Waals surface area contributed by atoms with E-state index in [4.69, 9.17) is 4.74 Å². The maximum atomic E-state index is 9.63. The lowest BCUT2D eigenvalue weighted by Gasteiger charge is -2.27. The zero-order valence-electron chi connectivity index (χ0n) is 15.3. The van der Waals surface area contributed by atoms with E-state index >= 15 is 0 Å². The molecule has 0 heterocycles. The fourth-order valence-electron chi connectivity index (χ4n) is 3.37. The number of hydrogen-bond acceptors (Lipinski definition) is 2. The summed E-state index contributed by atoms with van der Waals surface area (Å²) in [6, 6.07) is 41.2. The minimum atomic E-state index is -2.34. The van der Waals surface area contributed by atoms with Crippen LogP contribution in [0, 0.1) is 11.3 Å². The van der Waals surface area contributed by atoms with Gasteiger partial charge in [0.05, 0.1) is 18.3 Å². The Morgan fingerprint density at radius 1 is 0.536 bits per heavy atom. The molecular formula is C25H19N2P. The zero-order chi connectivity index (χ0) is 19.2. The molecule has 0 aliphatic carbocycles. The lowest BCUT2D eigenvalue weighted by molar-refractivity contribution is 1.45. The molecule has 28 heavy (non-hydrogen) atoms. The molecule has 0 fully saturated rings. The van der Waals surface area contributed by atoms with Crippen LogP contribution in [-0.2, 0) is 0 Å². The van der Waals surface area contributed by atoms with Gasteiger partial charge in [0.1, 0.15) is 6.07 Å². The van der Waals surface area contributed by atoms with Crippen LogP contribution in [0.2, 0.25) is 0 Å². The summed E-state index contributed by atoms with van der Waals surface area (Å²) < 4.78 is 5.36. The zero-order valence-corrected chi connectivity index (χ0v) is 16.2. The fraction of sp³-hybridized carbons (Fsp3) is 0. The van der Waals surface area contributed by atoms with Crippen LogP contribution in [0.1, 0.15) is 5.56 Å². The second-order valence-electron chi connectivity index (χ2n) is 6.37. The molecule has 0 aromatic heterocycles. The molecule has 4 aromatic carbocycles. The van der Waals surface area contributed by atoms with Gasteiger partial charge in [0.25, 0.3) is 0 Å². The molecule has 0 unspecified atom stereocenters. The summed E-state index contributed by atoms with van der Waals surface area (Å²) >= 11 is 0. The Balaban J connectivity index is 2.17. The first-order valence-corrected chi connectivity index (χ1v) is 10.9. The van der Waals surface area contributed by atoms with Gasteiger partial charge in [-0.05, 0) is 12.1 Å². The van der Waals surface area contributed by atoms with Crippen molar-refractivity contribution in [2.75, 3.05) is 0 Å². The second-order valence-corrected chi connectivity index (χ2v) is 9.39. The average Bonchev–Trinajstić information content (AvgIpc) is 2.79. The van der Waals surface area contributed by atoms with Crippen molar-refractivity contribution < 1.29 is 0 Å². The molecule has 4 aromatic rings. The number of rotatable bonds is 4. The third-order valence-electron chi connectivity index (χ3n) is 4.67. The first-order valence-electron chi connectivity index (χ1n) is 9.13. The Bertz CT molecular complexity index is 1060. The summed E-state index contributed by atoms with van der Waals surface area (Å²) in [5, 5.41) is 13.1. The van der Waals surface area contributed by atoms with E-state index in [0.717, 1.165) is 5.69 Å². The number of nitrogens with zero attached hydrogens (tertiary/aromatic N) is 2. The molecule has 0 N–H and O–H groups in total. The predicted octanol–water partition coefficient (Wildman–Crippen LogP) is 5.37. The molecule has 0 spiro atoms. The third-order valence-corrected chi connectivity index (χ3v) is 8.32. The van der Waals surface area contributed by atoms with Crippen LogP contribution in [0.25, 0.3) is 0 Å². The first kappa shape index (κ1) is 18.0. The van der Waals surface area contributed by atoms with Crippen LogP contribution >= 0.6 is 7.05 Å². The van der Waals surface area contributed by atoms with Gasteiger partial charge in [0.2, 0.25) is 0 Å². The molecule has 3 heteroatoms. The van der Waals surface area contributed by atoms with E-state index < -0.39 is 7.05 Å². The predicted molar refractivity (Wildman–Crippen MR) is 118 cm³/mol. The van der Waals surface area contributed by atoms with Crippen molar-refractivity contribution >= 4 is 28.7 Å². The van der Waals surface area contributed by atoms with Gasteiger partial charge in [0, 0.05) is 15.9 Å². The van der Waals surface area contributed by atoms with Crippen molar-refractivity contribution in [1.29, 1.82) is 5.26 Å². The van der Waals surface area contributed by atoms with Crippen LogP contribution in [0.5, 0.6) is 0 Å². The molecule has 2 nitrogen and oxygen atoms in total. The monoisotopic (exact) mass is 378 g/mol. The molecule has 0 saturated carbocycles. The van der Waals surface area contributed by atoms with Crippen molar-refractivity contribution in [3.05, 3.63) is 121 Å². The van der Waals surface area contributed by atoms with Crippen LogP contribution in [0.4, 0.5) is 5.69 Å². The molecule has 0 aliphatic heterocycles. The molecular weight excluding hydrogens is 359 g/mol. The number of benzene rings is 4. The minimum Gasteiger partial charge on any atom is -0.252 e. The molecule has 0 saturated heterocycles. The molecule has 0 aliphatic rings. The van der Waals surface area contributed by atoms with Crippen LogP contribution in [0.15, 0.2) is 120 Å². The van der Waals surface area contributed by atoms with Gasteiger partial charge >= 0.3 is 0 Å². The Labute approximate surface area is 165 Å². The van der Waals surface area contributed by atoms with E-state index in [1.54, 1.807) is 0 Å². The SMILES string of the molecule is N#Cc1ccccc1N=P(c1ccccc1)(c1ccccc1)c1ccccc1. The van der Waals surface area contributed by atoms with Crippen molar-refractivity contribution in [1.82, 2.24) is 0 Å². The Hall–Kier alpha value is -3.40. The highest BCUT2D eigenvalue weighted by Crippen LogP contribution is 2.49. The molecule has 4 rings (SSSR count). The maximum absolute atomic E-state index is 9.63. The lowest BCUT2D eigenvalue weighted by atomic mass is 10.2. The highest BCUT2D eigenvalue weighted by Gasteiger charge is 2.27. The van der Waals surface area contributed by atoms with Crippen molar-refractivity contribution in [2.45, 2.75) is 0 Å². The van der Waals surface area contributed by atoms with Crippen molar-refractivity contribution in [3.63, 3.8) is 0 Å². The minimum absolute atomic E-state index is 0.592. The van der Waals surface area contributed by atoms with Crippen LogP contribution in [-0.4, -0.2) is 0 Å². The topological polar surface area (TPSA) is 36.1 Å². The smallest absolute Gasteiger partial charge is 0.101 e. The molecule has 0 bridgehead atoms. The van der Waals surface area contributed by atoms with Gasteiger partial charge in [-0.15, -0.1) is 0 Å². The summed E-state index contributed by atoms with van der Waals surface area (Å²) in [5.41, 5.74) is 1.32. The van der Waals surface area contributed by atoms with Crippen LogP contribution in [0.3, 0.4) is 0 Å². The Morgan fingerprint density at radius 3 is 1.36 bits per heavy atom. The number of hydrogen-bond donors (Lipinski definition) is 0. The van der Waals surface area contributed by atoms with Gasteiger partial charge in [-0.2, -0.15) is 5.26 Å². The van der Waals surface area contributed by atoms with Gasteiger partial charge in [-0.25, -0.2) is 0 Å². The average molecular weight is 378 g/mol. The third kappa shape index (κ3) is 3.29. The molecule has 0 atom stereocenters. The second kappa shape index (κ2) is 8.09. The number of nitriles is 1. The van der Waals surface area contributed by atoms with E-state index in [1.807, 2.05) is 42.5 Å². The Kier molecular flexibility index (Phi) is 5.20. The molecule has 0 radical (unpaired) electrons. The quantitative estimate of drug-likeness (QED) is 0.440. The van der Waals surface area contributed by atoms with E-state index in [2.05, 4.69) is 78.9 Å². The van der Waals surface area contributed by atoms with Crippen molar-refractivity contribution in [3.8, 4) is 6.07 Å². The standard InChI is InChI=1S/C25H19N2P/c26-20-21-12-10-11-19-25(21)27-28(22-13-4-1-5-14-22,23-15-6-2-7-16-23)24-17-8-3-9-18-24/h1-19H. The first-order chi connectivity index (χ1) is 13.8. The van der Waals surface area contributed by atoms with Gasteiger partial charge in [0.15, 0.2) is 0 Å². The summed E-state index contributed by atoms with van der Waals surface area (Å²) in [7, 11) is -2.34. The van der Waals surface area contributed by atoms with Gasteiger partial charge < -0.3 is 0 Å². The highest BCUT2D eigenvalue weighted by atomic mass is 31.2. The molecule has 0 amide bonds. The van der Waals surface area contributed by atoms with Gasteiger partial charge in [-0.3, -0.25) is 4.74 Å². The van der Waals surface area contributed by atoms with E-state index in [1.165, 1.54) is 15.9 Å². The van der Waals surface area contributed by atoms with Gasteiger partial charge in [-0.1, -0.05) is 103 Å². The summed E-state index contributed by atoms with van der Waals surface area (Å²) in [6.45, 7) is 0. The summed E-state index contributed by atoms with van der Waals surface area (Å²) in [5.74, 6) is 0. The largest absolute Gasteiger partial charge is 0.252 e. The van der Waals surface area contributed by atoms with E-state index in [-0.39, 0.29) is 0 Å². The van der Waals surface area contributed by atoms with Crippen LogP contribution < -0.4 is 15.9 Å². The fourth-order valence-corrected chi connectivity index (χ4v) is 6.92. The lowest BCUT2D eigenvalue weighted by Crippen LogP contribution is -2.25. The van der Waals surface area contributed by atoms with Crippen molar-refractivity contribution in [2.24, 2.45) is 4.74 Å². The normalized spacial score (nSPS) is 10.8.